The highest BCUT2D eigenvalue weighted by Gasteiger charge is 2.14. The second-order valence-electron chi connectivity index (χ2n) is 6.16. The third-order valence-corrected chi connectivity index (χ3v) is 5.64. The molecule has 1 aromatic carbocycles. The summed E-state index contributed by atoms with van der Waals surface area (Å²) in [5.74, 6) is -0.0147. The van der Waals surface area contributed by atoms with Crippen LogP contribution in [0.25, 0.3) is 0 Å². The number of benzene rings is 1. The number of rotatable bonds is 13. The Morgan fingerprint density at radius 3 is 2.08 bits per heavy atom. The number of sulfone groups is 1. The molecule has 0 saturated carbocycles. The van der Waals surface area contributed by atoms with Gasteiger partial charge >= 0.3 is 5.97 Å². The molecule has 0 radical (unpaired) electrons. The lowest BCUT2D eigenvalue weighted by Crippen LogP contribution is -2.17. The second kappa shape index (κ2) is 12.1. The van der Waals surface area contributed by atoms with E-state index in [1.54, 1.807) is 24.3 Å². The minimum Gasteiger partial charge on any atom is -0.427 e. The zero-order valence-electron chi connectivity index (χ0n) is 14.7. The van der Waals surface area contributed by atoms with Crippen LogP contribution < -0.4 is 4.74 Å². The molecule has 0 heterocycles. The van der Waals surface area contributed by atoms with Crippen LogP contribution in [0.3, 0.4) is 0 Å². The Bertz CT molecular complexity index is 552. The maximum Gasteiger partial charge on any atom is 0.312 e. The number of esters is 1. The molecule has 4 nitrogen and oxygen atoms in total. The SMILES string of the molecule is CCCCCCCCCCS(=O)(=O)CCC(=O)Oc1ccccc1. The maximum atomic E-state index is 12.0. The molecular weight excluding hydrogens is 324 g/mol. The average molecular weight is 355 g/mol. The summed E-state index contributed by atoms with van der Waals surface area (Å²) < 4.78 is 29.0. The molecule has 0 saturated heterocycles. The van der Waals surface area contributed by atoms with E-state index in [2.05, 4.69) is 6.92 Å². The summed E-state index contributed by atoms with van der Waals surface area (Å²) in [5, 5.41) is 0. The normalized spacial score (nSPS) is 11.4. The largest absolute Gasteiger partial charge is 0.427 e. The minimum atomic E-state index is -3.17. The number of para-hydroxylation sites is 1. The van der Waals surface area contributed by atoms with Crippen molar-refractivity contribution in [2.45, 2.75) is 64.7 Å². The molecule has 5 heteroatoms. The van der Waals surface area contributed by atoms with Crippen LogP contribution >= 0.6 is 0 Å². The van der Waals surface area contributed by atoms with Gasteiger partial charge in [0.05, 0.1) is 17.9 Å². The van der Waals surface area contributed by atoms with Gasteiger partial charge in [-0.1, -0.05) is 70.1 Å². The molecular formula is C19H30O4S. The van der Waals surface area contributed by atoms with Gasteiger partial charge in [0.25, 0.3) is 0 Å². The lowest BCUT2D eigenvalue weighted by molar-refractivity contribution is -0.133. The van der Waals surface area contributed by atoms with E-state index in [9.17, 15) is 13.2 Å². The summed E-state index contributed by atoms with van der Waals surface area (Å²) in [5.41, 5.74) is 0. The van der Waals surface area contributed by atoms with Crippen LogP contribution in [0.2, 0.25) is 0 Å². The third-order valence-electron chi connectivity index (χ3n) is 3.90. The van der Waals surface area contributed by atoms with Gasteiger partial charge in [0, 0.05) is 0 Å². The van der Waals surface area contributed by atoms with Gasteiger partial charge in [0.15, 0.2) is 9.84 Å². The minimum absolute atomic E-state index is 0.0890. The van der Waals surface area contributed by atoms with Crippen molar-refractivity contribution >= 4 is 15.8 Å². The first kappa shape index (κ1) is 20.7. The molecule has 0 unspecified atom stereocenters. The second-order valence-corrected chi connectivity index (χ2v) is 8.47. The number of carbonyl (C=O) groups excluding carboxylic acids is 1. The highest BCUT2D eigenvalue weighted by Crippen LogP contribution is 2.11. The van der Waals surface area contributed by atoms with Crippen molar-refractivity contribution < 1.29 is 17.9 Å². The zero-order chi connectivity index (χ0) is 17.7. The molecule has 0 fully saturated rings. The molecule has 0 aliphatic rings. The molecule has 24 heavy (non-hydrogen) atoms. The molecule has 0 atom stereocenters. The summed E-state index contributed by atoms with van der Waals surface area (Å²) in [6.45, 7) is 2.19. The average Bonchev–Trinajstić information content (AvgIpc) is 2.56. The van der Waals surface area contributed by atoms with E-state index in [-0.39, 0.29) is 17.9 Å². The van der Waals surface area contributed by atoms with Gasteiger partial charge in [-0.25, -0.2) is 8.42 Å². The lowest BCUT2D eigenvalue weighted by Gasteiger charge is -2.06. The Hall–Kier alpha value is -1.36. The van der Waals surface area contributed by atoms with Crippen LogP contribution in [0.1, 0.15) is 64.7 Å². The van der Waals surface area contributed by atoms with Crippen molar-refractivity contribution in [2.75, 3.05) is 11.5 Å². The fourth-order valence-electron chi connectivity index (χ4n) is 2.47. The van der Waals surface area contributed by atoms with Crippen molar-refractivity contribution in [1.82, 2.24) is 0 Å². The van der Waals surface area contributed by atoms with E-state index in [0.29, 0.717) is 12.2 Å². The van der Waals surface area contributed by atoms with Gasteiger partial charge in [-0.05, 0) is 18.6 Å². The number of hydrogen-bond donors (Lipinski definition) is 0. The first-order valence-corrected chi connectivity index (χ1v) is 10.8. The van der Waals surface area contributed by atoms with Crippen molar-refractivity contribution in [3.63, 3.8) is 0 Å². The number of carbonyl (C=O) groups is 1. The summed E-state index contributed by atoms with van der Waals surface area (Å²) in [4.78, 5) is 11.7. The Labute approximate surface area is 146 Å². The quantitative estimate of drug-likeness (QED) is 0.296. The molecule has 0 aliphatic heterocycles. The van der Waals surface area contributed by atoms with Gasteiger partial charge in [-0.3, -0.25) is 4.79 Å². The van der Waals surface area contributed by atoms with Gasteiger partial charge in [0.1, 0.15) is 5.75 Å². The molecule has 0 aromatic heterocycles. The molecule has 136 valence electrons. The first-order valence-electron chi connectivity index (χ1n) is 8.99. The van der Waals surface area contributed by atoms with Crippen LogP contribution in [-0.4, -0.2) is 25.9 Å². The van der Waals surface area contributed by atoms with Gasteiger partial charge in [-0.15, -0.1) is 0 Å². The Balaban J connectivity index is 2.12. The van der Waals surface area contributed by atoms with Crippen LogP contribution in [0.15, 0.2) is 30.3 Å². The molecule has 1 aromatic rings. The van der Waals surface area contributed by atoms with E-state index in [1.165, 1.54) is 32.1 Å². The summed E-state index contributed by atoms with van der Waals surface area (Å²) in [6.07, 6.45) is 8.86. The number of hydrogen-bond acceptors (Lipinski definition) is 4. The van der Waals surface area contributed by atoms with Gasteiger partial charge in [0.2, 0.25) is 0 Å². The van der Waals surface area contributed by atoms with E-state index in [4.69, 9.17) is 4.74 Å². The third kappa shape index (κ3) is 10.4. The van der Waals surface area contributed by atoms with Crippen molar-refractivity contribution in [2.24, 2.45) is 0 Å². The zero-order valence-corrected chi connectivity index (χ0v) is 15.5. The highest BCUT2D eigenvalue weighted by atomic mass is 32.2. The lowest BCUT2D eigenvalue weighted by atomic mass is 10.1. The fraction of sp³-hybridized carbons (Fsp3) is 0.632. The van der Waals surface area contributed by atoms with Gasteiger partial charge < -0.3 is 4.74 Å². The fourth-order valence-corrected chi connectivity index (χ4v) is 3.79. The summed E-state index contributed by atoms with van der Waals surface area (Å²) in [6, 6.07) is 8.70. The topological polar surface area (TPSA) is 60.4 Å². The van der Waals surface area contributed by atoms with E-state index >= 15 is 0 Å². The van der Waals surface area contributed by atoms with Crippen molar-refractivity contribution in [3.8, 4) is 5.75 Å². The van der Waals surface area contributed by atoms with Crippen molar-refractivity contribution in [1.29, 1.82) is 0 Å². The number of unbranched alkanes of at least 4 members (excludes halogenated alkanes) is 7. The highest BCUT2D eigenvalue weighted by molar-refractivity contribution is 7.91. The smallest absolute Gasteiger partial charge is 0.312 e. The molecule has 0 bridgehead atoms. The van der Waals surface area contributed by atoms with Gasteiger partial charge in [-0.2, -0.15) is 0 Å². The molecule has 0 aliphatic carbocycles. The Morgan fingerprint density at radius 2 is 1.46 bits per heavy atom. The Kier molecular flexibility index (Phi) is 10.4. The predicted octanol–water partition coefficient (Wildman–Crippen LogP) is 4.54. The van der Waals surface area contributed by atoms with E-state index < -0.39 is 15.8 Å². The first-order chi connectivity index (χ1) is 11.5. The van der Waals surface area contributed by atoms with E-state index in [0.717, 1.165) is 12.8 Å². The molecule has 0 amide bonds. The standard InChI is InChI=1S/C19H30O4S/c1-2-3-4-5-6-7-8-12-16-24(21,22)17-15-19(20)23-18-13-10-9-11-14-18/h9-11,13-14H,2-8,12,15-17H2,1H3. The molecule has 0 N–H and O–H groups in total. The van der Waals surface area contributed by atoms with Crippen molar-refractivity contribution in [3.05, 3.63) is 30.3 Å². The number of ether oxygens (including phenoxy) is 1. The maximum absolute atomic E-state index is 12.0. The summed E-state index contributed by atoms with van der Waals surface area (Å²) >= 11 is 0. The van der Waals surface area contributed by atoms with Crippen LogP contribution in [0, 0.1) is 0 Å². The monoisotopic (exact) mass is 354 g/mol. The molecule has 0 spiro atoms. The molecule has 1 rings (SSSR count). The predicted molar refractivity (Wildman–Crippen MR) is 98.0 cm³/mol. The van der Waals surface area contributed by atoms with E-state index in [1.807, 2.05) is 6.07 Å². The van der Waals surface area contributed by atoms with Crippen LogP contribution in [0.5, 0.6) is 5.75 Å². The van der Waals surface area contributed by atoms with Crippen LogP contribution in [-0.2, 0) is 14.6 Å². The Morgan fingerprint density at radius 1 is 0.875 bits per heavy atom. The summed E-state index contributed by atoms with van der Waals surface area (Å²) in [7, 11) is -3.17. The van der Waals surface area contributed by atoms with Crippen LogP contribution in [0.4, 0.5) is 0 Å².